The van der Waals surface area contributed by atoms with Crippen LogP contribution in [0, 0.1) is 11.8 Å². The van der Waals surface area contributed by atoms with Crippen LogP contribution in [0.4, 0.5) is 13.2 Å². The molecule has 0 aliphatic carbocycles. The third-order valence-electron chi connectivity index (χ3n) is 2.89. The fourth-order valence-corrected chi connectivity index (χ4v) is 1.84. The van der Waals surface area contributed by atoms with E-state index in [0.29, 0.717) is 0 Å². The van der Waals surface area contributed by atoms with E-state index in [1.807, 2.05) is 0 Å². The normalized spacial score (nSPS) is 24.7. The number of Topliss-reactive ketones (excluding diaryl/α,β-unsaturated/α-hetero) is 1. The molecule has 0 amide bonds. The number of piperidine rings is 1. The first-order valence-electron chi connectivity index (χ1n) is 5.26. The molecular weight excluding hydrogens is 239 g/mol. The lowest BCUT2D eigenvalue weighted by Gasteiger charge is -2.32. The molecule has 0 saturated carbocycles. The van der Waals surface area contributed by atoms with Crippen LogP contribution < -0.4 is 0 Å². The third kappa shape index (κ3) is 3.69. The second-order valence-corrected chi connectivity index (χ2v) is 4.31. The van der Waals surface area contributed by atoms with Gasteiger partial charge in [0.1, 0.15) is 5.78 Å². The van der Waals surface area contributed by atoms with Crippen LogP contribution in [0.25, 0.3) is 0 Å². The number of carbonyl (C=O) groups excluding carboxylic acids is 1. The average Bonchev–Trinajstić information content (AvgIpc) is 2.17. The monoisotopic (exact) mass is 253 g/mol. The average molecular weight is 253 g/mol. The number of alkyl halides is 3. The van der Waals surface area contributed by atoms with Gasteiger partial charge in [-0.2, -0.15) is 13.2 Å². The lowest BCUT2D eigenvalue weighted by molar-refractivity contribution is -0.197. The van der Waals surface area contributed by atoms with Crippen molar-refractivity contribution < 1.29 is 27.9 Å². The number of halogens is 3. The van der Waals surface area contributed by atoms with Crippen LogP contribution in [-0.2, 0) is 9.59 Å². The second kappa shape index (κ2) is 5.03. The highest BCUT2D eigenvalue weighted by molar-refractivity contribution is 5.81. The Balaban J connectivity index is 2.63. The quantitative estimate of drug-likeness (QED) is 0.820. The molecule has 2 atom stereocenters. The van der Waals surface area contributed by atoms with Gasteiger partial charge in [0.05, 0.1) is 0 Å². The summed E-state index contributed by atoms with van der Waals surface area (Å²) < 4.78 is 37.3. The maximum absolute atomic E-state index is 12.4. The highest BCUT2D eigenvalue weighted by Gasteiger charge is 2.46. The van der Waals surface area contributed by atoms with Crippen molar-refractivity contribution in [1.29, 1.82) is 0 Å². The zero-order valence-electron chi connectivity index (χ0n) is 9.33. The molecule has 1 N–H and O–H groups in total. The summed E-state index contributed by atoms with van der Waals surface area (Å²) in [5.74, 6) is -4.57. The number of hydrogen-bond donors (Lipinski definition) is 1. The van der Waals surface area contributed by atoms with E-state index in [1.54, 1.807) is 6.92 Å². The molecule has 98 valence electrons. The maximum Gasteiger partial charge on any atom is 0.403 e. The number of carboxylic acids is 1. The summed E-state index contributed by atoms with van der Waals surface area (Å²) in [6, 6.07) is 0. The largest absolute Gasteiger partial charge is 0.481 e. The molecule has 1 heterocycles. The molecule has 1 aliphatic rings. The van der Waals surface area contributed by atoms with Crippen LogP contribution in [0.2, 0.25) is 0 Å². The van der Waals surface area contributed by atoms with Gasteiger partial charge in [0.2, 0.25) is 0 Å². The van der Waals surface area contributed by atoms with Crippen molar-refractivity contribution in [3.8, 4) is 0 Å². The number of nitrogens with zero attached hydrogens (tertiary/aromatic N) is 1. The zero-order valence-corrected chi connectivity index (χ0v) is 9.33. The van der Waals surface area contributed by atoms with Gasteiger partial charge in [-0.15, -0.1) is 0 Å². The van der Waals surface area contributed by atoms with Gasteiger partial charge in [0, 0.05) is 32.0 Å². The van der Waals surface area contributed by atoms with E-state index in [-0.39, 0.29) is 31.2 Å². The molecule has 2 unspecified atom stereocenters. The Bertz CT molecular complexity index is 316. The van der Waals surface area contributed by atoms with Gasteiger partial charge in [-0.3, -0.25) is 9.59 Å². The van der Waals surface area contributed by atoms with Gasteiger partial charge in [-0.05, 0) is 0 Å². The van der Waals surface area contributed by atoms with E-state index < -0.39 is 24.6 Å². The summed E-state index contributed by atoms with van der Waals surface area (Å²) in [5.41, 5.74) is 0. The molecule has 0 bridgehead atoms. The first-order chi connectivity index (χ1) is 7.71. The molecule has 1 saturated heterocycles. The van der Waals surface area contributed by atoms with Crippen LogP contribution in [-0.4, -0.2) is 47.6 Å². The molecular formula is C10H14F3NO3. The standard InChI is InChI=1S/C10H14F3NO3/c1-6-4-14(3-2-8(6)15)5-7(9(16)17)10(11,12)13/h6-7H,2-5H2,1H3,(H,16,17). The smallest absolute Gasteiger partial charge is 0.403 e. The highest BCUT2D eigenvalue weighted by atomic mass is 19.4. The van der Waals surface area contributed by atoms with Gasteiger partial charge < -0.3 is 10.0 Å². The number of carbonyl (C=O) groups is 2. The van der Waals surface area contributed by atoms with Gasteiger partial charge in [-0.1, -0.05) is 6.92 Å². The predicted molar refractivity (Wildman–Crippen MR) is 52.4 cm³/mol. The second-order valence-electron chi connectivity index (χ2n) is 4.31. The molecule has 1 fully saturated rings. The van der Waals surface area contributed by atoms with Crippen molar-refractivity contribution in [3.05, 3.63) is 0 Å². The topological polar surface area (TPSA) is 57.6 Å². The van der Waals surface area contributed by atoms with Gasteiger partial charge >= 0.3 is 12.1 Å². The Morgan fingerprint density at radius 2 is 2.18 bits per heavy atom. The van der Waals surface area contributed by atoms with Gasteiger partial charge in [0.25, 0.3) is 0 Å². The molecule has 17 heavy (non-hydrogen) atoms. The summed E-state index contributed by atoms with van der Waals surface area (Å²) >= 11 is 0. The van der Waals surface area contributed by atoms with Crippen molar-refractivity contribution in [1.82, 2.24) is 4.90 Å². The van der Waals surface area contributed by atoms with Gasteiger partial charge in [-0.25, -0.2) is 0 Å². The lowest BCUT2D eigenvalue weighted by atomic mass is 9.97. The minimum atomic E-state index is -4.75. The van der Waals surface area contributed by atoms with Crippen LogP contribution in [0.15, 0.2) is 0 Å². The van der Waals surface area contributed by atoms with E-state index >= 15 is 0 Å². The number of rotatable bonds is 3. The Morgan fingerprint density at radius 1 is 1.59 bits per heavy atom. The number of carboxylic acid groups (broad SMARTS) is 1. The SMILES string of the molecule is CC1CN(CC(C(=O)O)C(F)(F)F)CCC1=O. The number of aliphatic carboxylic acids is 1. The molecule has 7 heteroatoms. The first-order valence-corrected chi connectivity index (χ1v) is 5.26. The van der Waals surface area contributed by atoms with Crippen molar-refractivity contribution >= 4 is 11.8 Å². The molecule has 0 aromatic rings. The van der Waals surface area contributed by atoms with E-state index in [0.717, 1.165) is 0 Å². The molecule has 0 aromatic heterocycles. The van der Waals surface area contributed by atoms with E-state index in [2.05, 4.69) is 0 Å². The molecule has 0 radical (unpaired) electrons. The van der Waals surface area contributed by atoms with Crippen LogP contribution in [0.1, 0.15) is 13.3 Å². The molecule has 0 spiro atoms. The lowest BCUT2D eigenvalue weighted by Crippen LogP contribution is -2.46. The molecule has 4 nitrogen and oxygen atoms in total. The summed E-state index contributed by atoms with van der Waals surface area (Å²) in [4.78, 5) is 23.1. The number of ketones is 1. The molecule has 1 aliphatic heterocycles. The predicted octanol–water partition coefficient (Wildman–Crippen LogP) is 1.16. The summed E-state index contributed by atoms with van der Waals surface area (Å²) in [5, 5.41) is 8.54. The van der Waals surface area contributed by atoms with Crippen molar-refractivity contribution in [2.75, 3.05) is 19.6 Å². The Morgan fingerprint density at radius 3 is 2.59 bits per heavy atom. The van der Waals surface area contributed by atoms with Crippen molar-refractivity contribution in [2.45, 2.75) is 19.5 Å². The van der Waals surface area contributed by atoms with E-state index in [1.165, 1.54) is 4.90 Å². The highest BCUT2D eigenvalue weighted by Crippen LogP contribution is 2.28. The maximum atomic E-state index is 12.4. The zero-order chi connectivity index (χ0) is 13.2. The first kappa shape index (κ1) is 14.0. The van der Waals surface area contributed by atoms with E-state index in [4.69, 9.17) is 5.11 Å². The number of likely N-dealkylation sites (tertiary alicyclic amines) is 1. The minimum absolute atomic E-state index is 0.0140. The fraction of sp³-hybridized carbons (Fsp3) is 0.800. The summed E-state index contributed by atoms with van der Waals surface area (Å²) in [6.45, 7) is 1.44. The third-order valence-corrected chi connectivity index (χ3v) is 2.89. The van der Waals surface area contributed by atoms with Crippen LogP contribution >= 0.6 is 0 Å². The van der Waals surface area contributed by atoms with Crippen LogP contribution in [0.3, 0.4) is 0 Å². The van der Waals surface area contributed by atoms with Crippen molar-refractivity contribution in [2.24, 2.45) is 11.8 Å². The Labute approximate surface area is 96.4 Å². The Kier molecular flexibility index (Phi) is 4.13. The summed E-state index contributed by atoms with van der Waals surface area (Å²) in [7, 11) is 0. The van der Waals surface area contributed by atoms with E-state index in [9.17, 15) is 22.8 Å². The van der Waals surface area contributed by atoms with Crippen LogP contribution in [0.5, 0.6) is 0 Å². The summed E-state index contributed by atoms with van der Waals surface area (Å²) in [6.07, 6.45) is -4.57. The van der Waals surface area contributed by atoms with Gasteiger partial charge in [0.15, 0.2) is 5.92 Å². The molecule has 0 aromatic carbocycles. The Hall–Kier alpha value is -1.11. The van der Waals surface area contributed by atoms with Crippen molar-refractivity contribution in [3.63, 3.8) is 0 Å². The fourth-order valence-electron chi connectivity index (χ4n) is 1.84. The minimum Gasteiger partial charge on any atom is -0.481 e. The molecule has 1 rings (SSSR count). The number of hydrogen-bond acceptors (Lipinski definition) is 3.